The van der Waals surface area contributed by atoms with Gasteiger partial charge in [-0.05, 0) is 31.0 Å². The van der Waals surface area contributed by atoms with Crippen molar-refractivity contribution in [2.45, 2.75) is 19.3 Å². The number of hydrogen-bond acceptors (Lipinski definition) is 6. The highest BCUT2D eigenvalue weighted by molar-refractivity contribution is 5.81. The van der Waals surface area contributed by atoms with Crippen LogP contribution in [-0.2, 0) is 4.79 Å². The number of aromatic nitrogens is 3. The Balaban J connectivity index is 1.27. The summed E-state index contributed by atoms with van der Waals surface area (Å²) in [5.74, 6) is 2.13. The summed E-state index contributed by atoms with van der Waals surface area (Å²) in [6, 6.07) is 7.82. The molecule has 3 aliphatic rings. The molecule has 1 aliphatic carbocycles. The van der Waals surface area contributed by atoms with Gasteiger partial charge in [0.1, 0.15) is 5.82 Å². The van der Waals surface area contributed by atoms with E-state index >= 15 is 0 Å². The Kier molecular flexibility index (Phi) is 4.37. The van der Waals surface area contributed by atoms with Gasteiger partial charge in [-0.3, -0.25) is 4.79 Å². The first-order valence-corrected chi connectivity index (χ1v) is 10.2. The zero-order valence-corrected chi connectivity index (χ0v) is 16.1. The predicted molar refractivity (Wildman–Crippen MR) is 107 cm³/mol. The fraction of sp³-hybridized carbons (Fsp3) is 0.524. The summed E-state index contributed by atoms with van der Waals surface area (Å²) in [4.78, 5) is 33.3. The van der Waals surface area contributed by atoms with E-state index in [9.17, 15) is 4.79 Å². The molecule has 3 fully saturated rings. The van der Waals surface area contributed by atoms with Crippen LogP contribution in [-0.4, -0.2) is 65.0 Å². The normalized spacial score (nSPS) is 23.7. The van der Waals surface area contributed by atoms with Crippen LogP contribution in [0.5, 0.6) is 0 Å². The van der Waals surface area contributed by atoms with Gasteiger partial charge in [0.2, 0.25) is 11.9 Å². The molecule has 2 saturated heterocycles. The van der Waals surface area contributed by atoms with Crippen LogP contribution < -0.4 is 9.80 Å². The number of piperazine rings is 1. The number of anilines is 2. The largest absolute Gasteiger partial charge is 0.353 e. The highest BCUT2D eigenvalue weighted by atomic mass is 16.2. The van der Waals surface area contributed by atoms with Crippen molar-refractivity contribution in [1.29, 1.82) is 0 Å². The van der Waals surface area contributed by atoms with E-state index in [1.807, 2.05) is 30.5 Å². The molecule has 28 heavy (non-hydrogen) atoms. The molecule has 1 atom stereocenters. The highest BCUT2D eigenvalue weighted by Crippen LogP contribution is 2.52. The van der Waals surface area contributed by atoms with Crippen LogP contribution in [0.25, 0.3) is 0 Å². The lowest BCUT2D eigenvalue weighted by Gasteiger charge is -2.44. The van der Waals surface area contributed by atoms with Crippen LogP contribution in [0.3, 0.4) is 0 Å². The van der Waals surface area contributed by atoms with E-state index in [2.05, 4.69) is 29.7 Å². The van der Waals surface area contributed by atoms with Crippen molar-refractivity contribution in [2.24, 2.45) is 11.3 Å². The molecule has 1 amide bonds. The molecule has 7 heteroatoms. The minimum Gasteiger partial charge on any atom is -0.353 e. The maximum absolute atomic E-state index is 13.5. The number of amides is 1. The summed E-state index contributed by atoms with van der Waals surface area (Å²) in [5, 5.41) is 0. The van der Waals surface area contributed by atoms with Crippen LogP contribution in [0.1, 0.15) is 19.3 Å². The molecule has 1 spiro atoms. The van der Waals surface area contributed by atoms with Crippen molar-refractivity contribution >= 4 is 17.7 Å². The second-order valence-electron chi connectivity index (χ2n) is 8.20. The number of nitrogens with zero attached hydrogens (tertiary/aromatic N) is 6. The summed E-state index contributed by atoms with van der Waals surface area (Å²) in [6.07, 6.45) is 8.89. The van der Waals surface area contributed by atoms with E-state index < -0.39 is 0 Å². The van der Waals surface area contributed by atoms with E-state index in [1.54, 1.807) is 12.4 Å². The summed E-state index contributed by atoms with van der Waals surface area (Å²) in [5.41, 5.74) is 0.119. The Morgan fingerprint density at radius 3 is 2.32 bits per heavy atom. The van der Waals surface area contributed by atoms with Gasteiger partial charge in [0.05, 0.1) is 5.92 Å². The van der Waals surface area contributed by atoms with Crippen LogP contribution >= 0.6 is 0 Å². The molecule has 1 unspecified atom stereocenters. The monoisotopic (exact) mass is 378 g/mol. The van der Waals surface area contributed by atoms with Crippen molar-refractivity contribution in [1.82, 2.24) is 19.9 Å². The molecule has 1 saturated carbocycles. The van der Waals surface area contributed by atoms with E-state index in [0.717, 1.165) is 63.9 Å². The van der Waals surface area contributed by atoms with E-state index in [-0.39, 0.29) is 11.3 Å². The van der Waals surface area contributed by atoms with Gasteiger partial charge in [-0.15, -0.1) is 0 Å². The number of pyridine rings is 1. The summed E-state index contributed by atoms with van der Waals surface area (Å²) in [6.45, 7) is 4.86. The lowest BCUT2D eigenvalue weighted by Crippen LogP contribution is -2.53. The van der Waals surface area contributed by atoms with Crippen molar-refractivity contribution in [3.8, 4) is 0 Å². The van der Waals surface area contributed by atoms with E-state index in [1.165, 1.54) is 6.42 Å². The SMILES string of the molecule is O=C(C1CN(c2ncccn2)CC12CCC2)N1CCN(c2ccccn2)CC1. The van der Waals surface area contributed by atoms with Gasteiger partial charge < -0.3 is 14.7 Å². The van der Waals surface area contributed by atoms with Gasteiger partial charge in [-0.25, -0.2) is 15.0 Å². The molecule has 0 N–H and O–H groups in total. The third kappa shape index (κ3) is 2.99. The predicted octanol–water partition coefficient (Wildman–Crippen LogP) is 1.83. The quantitative estimate of drug-likeness (QED) is 0.812. The van der Waals surface area contributed by atoms with Gasteiger partial charge in [-0.1, -0.05) is 12.5 Å². The molecule has 7 nitrogen and oxygen atoms in total. The summed E-state index contributed by atoms with van der Waals surface area (Å²) < 4.78 is 0. The van der Waals surface area contributed by atoms with Crippen molar-refractivity contribution < 1.29 is 4.79 Å². The average Bonchev–Trinajstić information content (AvgIpc) is 3.16. The Morgan fingerprint density at radius 2 is 1.68 bits per heavy atom. The van der Waals surface area contributed by atoms with Gasteiger partial charge in [0.25, 0.3) is 0 Å². The zero-order valence-electron chi connectivity index (χ0n) is 16.1. The minimum absolute atomic E-state index is 0.0615. The lowest BCUT2D eigenvalue weighted by atomic mass is 9.62. The molecular weight excluding hydrogens is 352 g/mol. The lowest BCUT2D eigenvalue weighted by molar-refractivity contribution is -0.140. The number of carbonyl (C=O) groups excluding carboxylic acids is 1. The van der Waals surface area contributed by atoms with Crippen LogP contribution in [0, 0.1) is 11.3 Å². The summed E-state index contributed by atoms with van der Waals surface area (Å²) in [7, 11) is 0. The molecule has 0 aromatic carbocycles. The number of rotatable bonds is 3. The fourth-order valence-corrected chi connectivity index (χ4v) is 4.97. The topological polar surface area (TPSA) is 65.5 Å². The molecule has 2 aromatic heterocycles. The van der Waals surface area contributed by atoms with Crippen molar-refractivity contribution in [3.63, 3.8) is 0 Å². The zero-order chi connectivity index (χ0) is 19.0. The third-order valence-corrected chi connectivity index (χ3v) is 6.69. The van der Waals surface area contributed by atoms with E-state index in [4.69, 9.17) is 0 Å². The Bertz CT molecular complexity index is 817. The Morgan fingerprint density at radius 1 is 0.929 bits per heavy atom. The van der Waals surface area contributed by atoms with Gasteiger partial charge in [0, 0.05) is 63.3 Å². The van der Waals surface area contributed by atoms with E-state index in [0.29, 0.717) is 5.91 Å². The first-order valence-electron chi connectivity index (χ1n) is 10.2. The standard InChI is InChI=1S/C21H26N6O/c28-19(26-13-11-25(12-14-26)18-5-1-2-8-22-18)17-15-27(16-21(17)6-3-7-21)20-23-9-4-10-24-20/h1-2,4-5,8-10,17H,3,6-7,11-16H2. The van der Waals surface area contributed by atoms with Gasteiger partial charge in [0.15, 0.2) is 0 Å². The highest BCUT2D eigenvalue weighted by Gasteiger charge is 2.54. The van der Waals surface area contributed by atoms with Crippen LogP contribution in [0.2, 0.25) is 0 Å². The maximum Gasteiger partial charge on any atom is 0.228 e. The van der Waals surface area contributed by atoms with Gasteiger partial charge in [-0.2, -0.15) is 0 Å². The Hall–Kier alpha value is -2.70. The fourth-order valence-electron chi connectivity index (χ4n) is 4.97. The van der Waals surface area contributed by atoms with Crippen LogP contribution in [0.15, 0.2) is 42.9 Å². The van der Waals surface area contributed by atoms with Crippen molar-refractivity contribution in [2.75, 3.05) is 49.1 Å². The van der Waals surface area contributed by atoms with Crippen LogP contribution in [0.4, 0.5) is 11.8 Å². The first kappa shape index (κ1) is 17.4. The smallest absolute Gasteiger partial charge is 0.228 e. The second kappa shape index (κ2) is 7.04. The molecule has 2 aromatic rings. The first-order chi connectivity index (χ1) is 13.8. The van der Waals surface area contributed by atoms with Crippen molar-refractivity contribution in [3.05, 3.63) is 42.9 Å². The third-order valence-electron chi connectivity index (χ3n) is 6.69. The molecule has 0 radical (unpaired) electrons. The minimum atomic E-state index is 0.0615. The average molecular weight is 378 g/mol. The Labute approximate surface area is 165 Å². The number of hydrogen-bond donors (Lipinski definition) is 0. The second-order valence-corrected chi connectivity index (χ2v) is 8.20. The molecule has 146 valence electrons. The molecule has 5 rings (SSSR count). The molecular formula is C21H26N6O. The molecule has 4 heterocycles. The van der Waals surface area contributed by atoms with Gasteiger partial charge >= 0.3 is 0 Å². The maximum atomic E-state index is 13.5. The summed E-state index contributed by atoms with van der Waals surface area (Å²) >= 11 is 0. The number of carbonyl (C=O) groups is 1. The molecule has 0 bridgehead atoms. The molecule has 2 aliphatic heterocycles.